The van der Waals surface area contributed by atoms with Crippen LogP contribution in [0.15, 0.2) is 24.3 Å². The molecule has 23 heavy (non-hydrogen) atoms. The summed E-state index contributed by atoms with van der Waals surface area (Å²) in [5, 5.41) is 22.1. The molecule has 1 amide bonds. The number of phenols is 1. The Hall–Kier alpha value is -1.59. The first-order valence-corrected chi connectivity index (χ1v) is 8.54. The largest absolute Gasteiger partial charge is 0.508 e. The molecule has 0 aromatic heterocycles. The van der Waals surface area contributed by atoms with E-state index in [1.54, 1.807) is 12.1 Å². The highest BCUT2D eigenvalue weighted by molar-refractivity contribution is 5.76. The van der Waals surface area contributed by atoms with Crippen LogP contribution in [0.2, 0.25) is 0 Å². The van der Waals surface area contributed by atoms with Gasteiger partial charge in [0.05, 0.1) is 6.10 Å². The van der Waals surface area contributed by atoms with Crippen molar-refractivity contribution in [3.8, 4) is 5.75 Å². The molecule has 0 saturated carbocycles. The number of aliphatic hydroxyl groups is 1. The highest BCUT2D eigenvalue weighted by Gasteiger charge is 2.21. The third-order valence-electron chi connectivity index (χ3n) is 4.49. The quantitative estimate of drug-likeness (QED) is 0.719. The number of aromatic hydroxyl groups is 1. The molecule has 0 radical (unpaired) electrons. The molecule has 0 bridgehead atoms. The van der Waals surface area contributed by atoms with Crippen molar-refractivity contribution in [2.45, 2.75) is 38.7 Å². The van der Waals surface area contributed by atoms with Crippen LogP contribution in [0.5, 0.6) is 5.75 Å². The van der Waals surface area contributed by atoms with Gasteiger partial charge in [0.1, 0.15) is 5.75 Å². The first-order chi connectivity index (χ1) is 11.1. The van der Waals surface area contributed by atoms with Crippen LogP contribution >= 0.6 is 0 Å². The second-order valence-corrected chi connectivity index (χ2v) is 6.40. The van der Waals surface area contributed by atoms with Crippen molar-refractivity contribution in [2.24, 2.45) is 5.92 Å². The number of rotatable bonds is 7. The van der Waals surface area contributed by atoms with E-state index in [2.05, 4.69) is 17.1 Å². The summed E-state index contributed by atoms with van der Waals surface area (Å²) < 4.78 is 0. The number of nitrogens with one attached hydrogen (secondary N) is 1. The van der Waals surface area contributed by atoms with Crippen LogP contribution < -0.4 is 5.32 Å². The summed E-state index contributed by atoms with van der Waals surface area (Å²) in [6.07, 6.45) is 3.13. The molecule has 1 aliphatic heterocycles. The second kappa shape index (κ2) is 8.89. The average molecular weight is 320 g/mol. The number of hydrogen-bond donors (Lipinski definition) is 3. The molecule has 0 aliphatic carbocycles. The summed E-state index contributed by atoms with van der Waals surface area (Å²) in [4.78, 5) is 14.5. The molecule has 2 rings (SSSR count). The number of phenolic OH excluding ortho intramolecular Hbond substituents is 1. The lowest BCUT2D eigenvalue weighted by Crippen LogP contribution is -2.36. The number of benzene rings is 1. The van der Waals surface area contributed by atoms with E-state index < -0.39 is 6.10 Å². The Labute approximate surface area is 138 Å². The van der Waals surface area contributed by atoms with Gasteiger partial charge in [-0.1, -0.05) is 19.1 Å². The van der Waals surface area contributed by atoms with E-state index in [0.29, 0.717) is 17.9 Å². The molecular formula is C18H28N2O3. The molecule has 0 spiro atoms. The summed E-state index contributed by atoms with van der Waals surface area (Å²) in [7, 11) is 0. The Morgan fingerprint density at radius 3 is 2.57 bits per heavy atom. The minimum absolute atomic E-state index is 0.0109. The Kier molecular flexibility index (Phi) is 6.86. The second-order valence-electron chi connectivity index (χ2n) is 6.40. The van der Waals surface area contributed by atoms with Gasteiger partial charge in [-0.05, 0) is 62.5 Å². The van der Waals surface area contributed by atoms with Gasteiger partial charge in [-0.25, -0.2) is 0 Å². The van der Waals surface area contributed by atoms with Crippen LogP contribution in [0.4, 0.5) is 0 Å². The summed E-state index contributed by atoms with van der Waals surface area (Å²) >= 11 is 0. The minimum Gasteiger partial charge on any atom is -0.508 e. The topological polar surface area (TPSA) is 72.8 Å². The number of piperidine rings is 1. The normalized spacial score (nSPS) is 17.8. The highest BCUT2D eigenvalue weighted by Crippen LogP contribution is 2.21. The van der Waals surface area contributed by atoms with Gasteiger partial charge in [-0.2, -0.15) is 0 Å². The summed E-state index contributed by atoms with van der Waals surface area (Å²) in [5.41, 5.74) is 0.691. The van der Waals surface area contributed by atoms with Crippen LogP contribution in [0.25, 0.3) is 0 Å². The number of carbonyl (C=O) groups is 1. The van der Waals surface area contributed by atoms with E-state index in [1.807, 2.05) is 0 Å². The molecular weight excluding hydrogens is 292 g/mol. The lowest BCUT2D eigenvalue weighted by atomic mass is 9.93. The number of carbonyl (C=O) groups excluding carboxylic acids is 1. The van der Waals surface area contributed by atoms with Gasteiger partial charge in [0.2, 0.25) is 5.91 Å². The first-order valence-electron chi connectivity index (χ1n) is 8.54. The molecule has 1 heterocycles. The molecule has 3 N–H and O–H groups in total. The van der Waals surface area contributed by atoms with E-state index in [0.717, 1.165) is 32.5 Å². The molecule has 0 unspecified atom stereocenters. The molecule has 1 atom stereocenters. The van der Waals surface area contributed by atoms with Crippen molar-refractivity contribution in [3.63, 3.8) is 0 Å². The monoisotopic (exact) mass is 320 g/mol. The third-order valence-corrected chi connectivity index (χ3v) is 4.49. The first kappa shape index (κ1) is 17.8. The Bertz CT molecular complexity index is 482. The predicted octanol–water partition coefficient (Wildman–Crippen LogP) is 2.05. The maximum atomic E-state index is 12.0. The maximum absolute atomic E-state index is 12.0. The van der Waals surface area contributed by atoms with Crippen molar-refractivity contribution in [3.05, 3.63) is 29.8 Å². The van der Waals surface area contributed by atoms with Gasteiger partial charge in [0.15, 0.2) is 0 Å². The van der Waals surface area contributed by atoms with Gasteiger partial charge in [-0.3, -0.25) is 4.79 Å². The Balaban J connectivity index is 1.68. The average Bonchev–Trinajstić information content (AvgIpc) is 2.55. The minimum atomic E-state index is -0.744. The molecule has 1 aromatic rings. The Morgan fingerprint density at radius 2 is 1.96 bits per heavy atom. The van der Waals surface area contributed by atoms with Crippen LogP contribution in [0.3, 0.4) is 0 Å². The van der Waals surface area contributed by atoms with E-state index in [4.69, 9.17) is 0 Å². The molecule has 5 heteroatoms. The SMILES string of the molecule is CCCN1CCC(CC(=O)NC[C@H](O)c2ccc(O)cc2)CC1. The van der Waals surface area contributed by atoms with E-state index in [1.165, 1.54) is 18.6 Å². The smallest absolute Gasteiger partial charge is 0.220 e. The zero-order valence-corrected chi connectivity index (χ0v) is 13.9. The fourth-order valence-electron chi connectivity index (χ4n) is 3.09. The van der Waals surface area contributed by atoms with Crippen molar-refractivity contribution < 1.29 is 15.0 Å². The lowest BCUT2D eigenvalue weighted by Gasteiger charge is -2.31. The van der Waals surface area contributed by atoms with Crippen LogP contribution in [-0.4, -0.2) is 47.2 Å². The molecule has 1 fully saturated rings. The van der Waals surface area contributed by atoms with Crippen LogP contribution in [0.1, 0.15) is 44.3 Å². The molecule has 1 aliphatic rings. The fourth-order valence-corrected chi connectivity index (χ4v) is 3.09. The van der Waals surface area contributed by atoms with Gasteiger partial charge < -0.3 is 20.4 Å². The summed E-state index contributed by atoms with van der Waals surface area (Å²) in [5.74, 6) is 0.630. The van der Waals surface area contributed by atoms with Crippen LogP contribution in [0, 0.1) is 5.92 Å². The molecule has 1 saturated heterocycles. The maximum Gasteiger partial charge on any atom is 0.220 e. The number of nitrogens with zero attached hydrogens (tertiary/aromatic N) is 1. The number of aliphatic hydroxyl groups excluding tert-OH is 1. The van der Waals surface area contributed by atoms with Gasteiger partial charge in [0, 0.05) is 13.0 Å². The van der Waals surface area contributed by atoms with Gasteiger partial charge in [0.25, 0.3) is 0 Å². The standard InChI is InChI=1S/C18H28N2O3/c1-2-9-20-10-7-14(8-11-20)12-18(23)19-13-17(22)15-3-5-16(21)6-4-15/h3-6,14,17,21-22H,2,7-13H2,1H3,(H,19,23)/t17-/m0/s1. The van der Waals surface area contributed by atoms with E-state index in [-0.39, 0.29) is 18.2 Å². The van der Waals surface area contributed by atoms with Crippen molar-refractivity contribution in [2.75, 3.05) is 26.2 Å². The van der Waals surface area contributed by atoms with Gasteiger partial charge >= 0.3 is 0 Å². The van der Waals surface area contributed by atoms with Crippen molar-refractivity contribution in [1.82, 2.24) is 10.2 Å². The molecule has 128 valence electrons. The predicted molar refractivity (Wildman–Crippen MR) is 90.1 cm³/mol. The van der Waals surface area contributed by atoms with Crippen molar-refractivity contribution >= 4 is 5.91 Å². The highest BCUT2D eigenvalue weighted by atomic mass is 16.3. The van der Waals surface area contributed by atoms with Crippen molar-refractivity contribution in [1.29, 1.82) is 0 Å². The van der Waals surface area contributed by atoms with Gasteiger partial charge in [-0.15, -0.1) is 0 Å². The zero-order valence-electron chi connectivity index (χ0n) is 13.9. The number of likely N-dealkylation sites (tertiary alicyclic amines) is 1. The molecule has 1 aromatic carbocycles. The fraction of sp³-hybridized carbons (Fsp3) is 0.611. The van der Waals surface area contributed by atoms with Crippen LogP contribution in [-0.2, 0) is 4.79 Å². The Morgan fingerprint density at radius 1 is 1.30 bits per heavy atom. The van der Waals surface area contributed by atoms with E-state index >= 15 is 0 Å². The zero-order chi connectivity index (χ0) is 16.7. The van der Waals surface area contributed by atoms with E-state index in [9.17, 15) is 15.0 Å². The summed E-state index contributed by atoms with van der Waals surface area (Å²) in [6.45, 7) is 5.72. The number of amides is 1. The summed E-state index contributed by atoms with van der Waals surface area (Å²) in [6, 6.07) is 6.39. The third kappa shape index (κ3) is 5.84. The number of hydrogen-bond acceptors (Lipinski definition) is 4. The molecule has 5 nitrogen and oxygen atoms in total. The lowest BCUT2D eigenvalue weighted by molar-refractivity contribution is -0.122.